The van der Waals surface area contributed by atoms with E-state index < -0.39 is 0 Å². The van der Waals surface area contributed by atoms with Crippen molar-refractivity contribution < 1.29 is 0 Å². The zero-order chi connectivity index (χ0) is 11.3. The fraction of sp³-hybridized carbons (Fsp3) is 1.00. The van der Waals surface area contributed by atoms with Gasteiger partial charge in [-0.25, -0.2) is 0 Å². The van der Waals surface area contributed by atoms with Crippen LogP contribution in [0.25, 0.3) is 0 Å². The number of rotatable bonds is 1. The van der Waals surface area contributed by atoms with Crippen LogP contribution in [0, 0.1) is 0 Å². The first-order valence-electron chi connectivity index (χ1n) is 5.98. The van der Waals surface area contributed by atoms with Gasteiger partial charge < -0.3 is 4.90 Å². The molecule has 0 bridgehead atoms. The first-order chi connectivity index (χ1) is 6.52. The zero-order valence-corrected chi connectivity index (χ0v) is 11.0. The Kier molecular flexibility index (Phi) is 6.38. The molecule has 0 aromatic carbocycles. The van der Waals surface area contributed by atoms with Crippen molar-refractivity contribution in [3.63, 3.8) is 0 Å². The third-order valence-corrected chi connectivity index (χ3v) is 2.77. The second-order valence-electron chi connectivity index (χ2n) is 4.46. The minimum atomic E-state index is 0.684. The Labute approximate surface area is 90.3 Å². The molecule has 0 aromatic heterocycles. The van der Waals surface area contributed by atoms with Crippen molar-refractivity contribution in [1.82, 2.24) is 9.80 Å². The lowest BCUT2D eigenvalue weighted by atomic mass is 10.1. The fourth-order valence-electron chi connectivity index (χ4n) is 2.62. The molecule has 1 aliphatic rings. The van der Waals surface area contributed by atoms with Gasteiger partial charge in [0.1, 0.15) is 0 Å². The van der Waals surface area contributed by atoms with E-state index in [9.17, 15) is 0 Å². The predicted molar refractivity (Wildman–Crippen MR) is 64.7 cm³/mol. The summed E-state index contributed by atoms with van der Waals surface area (Å²) in [7, 11) is 2.21. The Morgan fingerprint density at radius 2 is 1.36 bits per heavy atom. The van der Waals surface area contributed by atoms with Gasteiger partial charge in [-0.05, 0) is 34.7 Å². The zero-order valence-electron chi connectivity index (χ0n) is 11.0. The minimum absolute atomic E-state index is 0.684. The maximum atomic E-state index is 2.61. The summed E-state index contributed by atoms with van der Waals surface area (Å²) >= 11 is 0. The molecular weight excluding hydrogens is 172 g/mol. The van der Waals surface area contributed by atoms with Gasteiger partial charge >= 0.3 is 0 Å². The van der Waals surface area contributed by atoms with Crippen LogP contribution in [-0.4, -0.2) is 48.1 Å². The molecule has 2 atom stereocenters. The van der Waals surface area contributed by atoms with Crippen LogP contribution in [0.2, 0.25) is 0 Å². The van der Waals surface area contributed by atoms with Gasteiger partial charge in [-0.15, -0.1) is 0 Å². The first-order valence-corrected chi connectivity index (χ1v) is 5.98. The third kappa shape index (κ3) is 3.58. The van der Waals surface area contributed by atoms with Crippen LogP contribution in [0.15, 0.2) is 0 Å². The Bertz CT molecular complexity index is 133. The third-order valence-electron chi connectivity index (χ3n) is 2.77. The highest BCUT2D eigenvalue weighted by atomic mass is 15.3. The highest BCUT2D eigenvalue weighted by Gasteiger charge is 2.28. The van der Waals surface area contributed by atoms with Crippen molar-refractivity contribution >= 4 is 0 Å². The Morgan fingerprint density at radius 1 is 1.00 bits per heavy atom. The van der Waals surface area contributed by atoms with E-state index in [1.165, 1.54) is 13.1 Å². The second kappa shape index (κ2) is 6.41. The van der Waals surface area contributed by atoms with Crippen LogP contribution in [-0.2, 0) is 0 Å². The molecule has 1 rings (SSSR count). The van der Waals surface area contributed by atoms with E-state index >= 15 is 0 Å². The highest BCUT2D eigenvalue weighted by Crippen LogP contribution is 2.16. The van der Waals surface area contributed by atoms with Crippen LogP contribution in [0.5, 0.6) is 0 Å². The van der Waals surface area contributed by atoms with Crippen molar-refractivity contribution in [2.45, 2.75) is 59.7 Å². The number of hydrogen-bond acceptors (Lipinski definition) is 2. The summed E-state index contributed by atoms with van der Waals surface area (Å²) in [5.41, 5.74) is 0. The molecule has 0 radical (unpaired) electrons. The molecule has 0 aliphatic carbocycles. The van der Waals surface area contributed by atoms with E-state index in [1.54, 1.807) is 0 Å². The summed E-state index contributed by atoms with van der Waals surface area (Å²) in [6, 6.07) is 2.10. The van der Waals surface area contributed by atoms with Crippen LogP contribution in [0.3, 0.4) is 0 Å². The quantitative estimate of drug-likeness (QED) is 0.641. The molecule has 0 saturated carbocycles. The van der Waals surface area contributed by atoms with Crippen molar-refractivity contribution in [1.29, 1.82) is 0 Å². The van der Waals surface area contributed by atoms with Gasteiger partial charge in [0.25, 0.3) is 0 Å². The van der Waals surface area contributed by atoms with Crippen LogP contribution >= 0.6 is 0 Å². The SMILES string of the molecule is CC.CC(C)N1C(C)CN(C)C[C@H]1C. The summed E-state index contributed by atoms with van der Waals surface area (Å²) in [5, 5.41) is 0. The van der Waals surface area contributed by atoms with E-state index in [-0.39, 0.29) is 0 Å². The topological polar surface area (TPSA) is 6.48 Å². The molecule has 0 aromatic rings. The predicted octanol–water partition coefficient (Wildman–Crippen LogP) is 2.45. The van der Waals surface area contributed by atoms with E-state index in [4.69, 9.17) is 0 Å². The molecule has 2 heteroatoms. The Morgan fingerprint density at radius 3 is 1.64 bits per heavy atom. The van der Waals surface area contributed by atoms with E-state index in [0.717, 1.165) is 0 Å². The van der Waals surface area contributed by atoms with Crippen molar-refractivity contribution in [2.75, 3.05) is 20.1 Å². The molecular formula is C12H28N2. The summed E-state index contributed by atoms with van der Waals surface area (Å²) < 4.78 is 0. The molecule has 0 spiro atoms. The highest BCUT2D eigenvalue weighted by molar-refractivity contribution is 4.85. The van der Waals surface area contributed by atoms with Gasteiger partial charge in [0, 0.05) is 31.2 Å². The fourth-order valence-corrected chi connectivity index (χ4v) is 2.62. The average molecular weight is 200 g/mol. The maximum Gasteiger partial charge on any atom is 0.0200 e. The molecule has 0 amide bonds. The largest absolute Gasteiger partial charge is 0.303 e. The van der Waals surface area contributed by atoms with Gasteiger partial charge in [0.05, 0.1) is 0 Å². The molecule has 1 heterocycles. The van der Waals surface area contributed by atoms with Crippen LogP contribution in [0.4, 0.5) is 0 Å². The summed E-state index contributed by atoms with van der Waals surface area (Å²) in [5.74, 6) is 0. The minimum Gasteiger partial charge on any atom is -0.303 e. The van der Waals surface area contributed by atoms with Gasteiger partial charge in [0.15, 0.2) is 0 Å². The van der Waals surface area contributed by atoms with Gasteiger partial charge in [-0.1, -0.05) is 13.8 Å². The lowest BCUT2D eigenvalue weighted by molar-refractivity contribution is 0.0280. The molecule has 1 saturated heterocycles. The average Bonchev–Trinajstić information content (AvgIpc) is 2.04. The normalized spacial score (nSPS) is 30.0. The van der Waals surface area contributed by atoms with Crippen molar-refractivity contribution in [3.05, 3.63) is 0 Å². The summed E-state index contributed by atoms with van der Waals surface area (Å²) in [4.78, 5) is 5.04. The molecule has 0 N–H and O–H groups in total. The van der Waals surface area contributed by atoms with Crippen LogP contribution < -0.4 is 0 Å². The second-order valence-corrected chi connectivity index (χ2v) is 4.46. The van der Waals surface area contributed by atoms with Crippen LogP contribution in [0.1, 0.15) is 41.5 Å². The molecule has 2 nitrogen and oxygen atoms in total. The monoisotopic (exact) mass is 200 g/mol. The molecule has 14 heavy (non-hydrogen) atoms. The Hall–Kier alpha value is -0.0800. The van der Waals surface area contributed by atoms with Crippen molar-refractivity contribution in [2.24, 2.45) is 0 Å². The lowest BCUT2D eigenvalue weighted by Gasteiger charge is -2.45. The number of hydrogen-bond donors (Lipinski definition) is 0. The summed E-state index contributed by atoms with van der Waals surface area (Å²) in [6.07, 6.45) is 0. The molecule has 1 aliphatic heterocycles. The number of piperazine rings is 1. The molecule has 86 valence electrons. The lowest BCUT2D eigenvalue weighted by Crippen LogP contribution is -2.57. The van der Waals surface area contributed by atoms with E-state index in [0.29, 0.717) is 18.1 Å². The Balaban J connectivity index is 0.000000791. The van der Waals surface area contributed by atoms with Crippen molar-refractivity contribution in [3.8, 4) is 0 Å². The van der Waals surface area contributed by atoms with Gasteiger partial charge in [-0.2, -0.15) is 0 Å². The first kappa shape index (κ1) is 13.9. The number of nitrogens with zero attached hydrogens (tertiary/aromatic N) is 2. The maximum absolute atomic E-state index is 2.61. The molecule has 1 unspecified atom stereocenters. The van der Waals surface area contributed by atoms with E-state index in [2.05, 4.69) is 44.5 Å². The van der Waals surface area contributed by atoms with Gasteiger partial charge in [-0.3, -0.25) is 4.90 Å². The van der Waals surface area contributed by atoms with Gasteiger partial charge in [0.2, 0.25) is 0 Å². The number of likely N-dealkylation sites (N-methyl/N-ethyl adjacent to an activating group) is 1. The smallest absolute Gasteiger partial charge is 0.0200 e. The van der Waals surface area contributed by atoms with E-state index in [1.807, 2.05) is 13.8 Å². The standard InChI is InChI=1S/C10H22N2.C2H6/c1-8(2)12-9(3)6-11(5)7-10(12)4;1-2/h8-10H,6-7H2,1-5H3;1-2H3/t9-,10?;/m1./s1. The summed E-state index contributed by atoms with van der Waals surface area (Å²) in [6.45, 7) is 15.7. The molecule has 1 fully saturated rings.